The largest absolute Gasteiger partial charge is 0.466 e. The zero-order valence-electron chi connectivity index (χ0n) is 12.1. The summed E-state index contributed by atoms with van der Waals surface area (Å²) in [6, 6.07) is 5.76. The summed E-state index contributed by atoms with van der Waals surface area (Å²) >= 11 is 1.64. The molecule has 0 saturated heterocycles. The molecule has 0 aromatic carbocycles. The van der Waals surface area contributed by atoms with Crippen LogP contribution < -0.4 is 5.32 Å². The Balaban J connectivity index is 1.78. The molecule has 112 valence electrons. The molecule has 0 unspecified atom stereocenters. The van der Waals surface area contributed by atoms with Crippen LogP contribution in [0, 0.1) is 19.8 Å². The maximum Gasteiger partial charge on any atom is 0.255 e. The SMILES string of the molecule is Cc1cc(C(=O)N[C@@H](c2cccs2)C2CC(O)C2)c(C)o1. The van der Waals surface area contributed by atoms with Crippen molar-refractivity contribution in [3.8, 4) is 0 Å². The molecule has 2 N–H and O–H groups in total. The first-order chi connectivity index (χ1) is 10.0. The van der Waals surface area contributed by atoms with E-state index in [0.717, 1.165) is 23.5 Å². The lowest BCUT2D eigenvalue weighted by Crippen LogP contribution is -2.41. The normalized spacial score (nSPS) is 22.6. The van der Waals surface area contributed by atoms with Crippen LogP contribution >= 0.6 is 11.3 Å². The fraction of sp³-hybridized carbons (Fsp3) is 0.438. The Bertz CT molecular complexity index is 626. The molecule has 1 amide bonds. The molecular formula is C16H19NO3S. The van der Waals surface area contributed by atoms with Crippen molar-refractivity contribution in [1.82, 2.24) is 5.32 Å². The van der Waals surface area contributed by atoms with E-state index in [1.165, 1.54) is 0 Å². The van der Waals surface area contributed by atoms with E-state index in [9.17, 15) is 9.90 Å². The smallest absolute Gasteiger partial charge is 0.255 e. The molecule has 1 fully saturated rings. The Morgan fingerprint density at radius 3 is 2.76 bits per heavy atom. The van der Waals surface area contributed by atoms with Gasteiger partial charge >= 0.3 is 0 Å². The molecule has 3 rings (SSSR count). The van der Waals surface area contributed by atoms with Crippen LogP contribution in [0.1, 0.15) is 45.6 Å². The Morgan fingerprint density at radius 1 is 1.48 bits per heavy atom. The second-order valence-corrected chi connectivity index (χ2v) is 6.66. The number of hydrogen-bond donors (Lipinski definition) is 2. The van der Waals surface area contributed by atoms with Crippen LogP contribution in [0.15, 0.2) is 28.0 Å². The average Bonchev–Trinajstić information content (AvgIpc) is 3.02. The molecule has 1 aliphatic rings. The molecule has 2 aromatic heterocycles. The first-order valence-corrected chi connectivity index (χ1v) is 8.02. The van der Waals surface area contributed by atoms with Crippen molar-refractivity contribution in [3.05, 3.63) is 45.5 Å². The molecule has 5 heteroatoms. The van der Waals surface area contributed by atoms with Gasteiger partial charge in [0.1, 0.15) is 11.5 Å². The van der Waals surface area contributed by atoms with Crippen molar-refractivity contribution in [2.75, 3.05) is 0 Å². The topological polar surface area (TPSA) is 62.5 Å². The molecule has 0 aliphatic heterocycles. The summed E-state index contributed by atoms with van der Waals surface area (Å²) in [5.74, 6) is 1.58. The van der Waals surface area contributed by atoms with E-state index in [-0.39, 0.29) is 18.1 Å². The van der Waals surface area contributed by atoms with Crippen molar-refractivity contribution in [3.63, 3.8) is 0 Å². The van der Waals surface area contributed by atoms with Crippen molar-refractivity contribution in [2.24, 2.45) is 5.92 Å². The molecular weight excluding hydrogens is 286 g/mol. The van der Waals surface area contributed by atoms with Crippen molar-refractivity contribution in [1.29, 1.82) is 0 Å². The number of amides is 1. The van der Waals surface area contributed by atoms with Gasteiger partial charge in [-0.25, -0.2) is 0 Å². The number of nitrogens with one attached hydrogen (secondary N) is 1. The highest BCUT2D eigenvalue weighted by molar-refractivity contribution is 7.10. The maximum absolute atomic E-state index is 12.5. The number of aryl methyl sites for hydroxylation is 2. The zero-order chi connectivity index (χ0) is 15.0. The summed E-state index contributed by atoms with van der Waals surface area (Å²) in [4.78, 5) is 13.6. The van der Waals surface area contributed by atoms with E-state index >= 15 is 0 Å². The minimum Gasteiger partial charge on any atom is -0.466 e. The zero-order valence-corrected chi connectivity index (χ0v) is 12.9. The second kappa shape index (κ2) is 5.66. The minimum atomic E-state index is -0.229. The van der Waals surface area contributed by atoms with Gasteiger partial charge in [0.15, 0.2) is 0 Å². The van der Waals surface area contributed by atoms with Crippen LogP contribution in [0.4, 0.5) is 0 Å². The molecule has 0 spiro atoms. The summed E-state index contributed by atoms with van der Waals surface area (Å²) in [5, 5.41) is 14.7. The van der Waals surface area contributed by atoms with Gasteiger partial charge in [-0.3, -0.25) is 4.79 Å². The summed E-state index contributed by atoms with van der Waals surface area (Å²) < 4.78 is 5.43. The van der Waals surface area contributed by atoms with Crippen molar-refractivity contribution >= 4 is 17.2 Å². The Hall–Kier alpha value is -1.59. The molecule has 1 saturated carbocycles. The maximum atomic E-state index is 12.5. The molecule has 0 bridgehead atoms. The number of aliphatic hydroxyl groups excluding tert-OH is 1. The van der Waals surface area contributed by atoms with Crippen molar-refractivity contribution < 1.29 is 14.3 Å². The summed E-state index contributed by atoms with van der Waals surface area (Å²) in [5.41, 5.74) is 0.592. The highest BCUT2D eigenvalue weighted by Gasteiger charge is 2.36. The fourth-order valence-electron chi connectivity index (χ4n) is 2.87. The van der Waals surface area contributed by atoms with Gasteiger partial charge in [0.25, 0.3) is 5.91 Å². The number of carbonyl (C=O) groups excluding carboxylic acids is 1. The number of thiophene rings is 1. The fourth-order valence-corrected chi connectivity index (χ4v) is 3.74. The lowest BCUT2D eigenvalue weighted by atomic mass is 9.76. The number of hydrogen-bond acceptors (Lipinski definition) is 4. The van der Waals surface area contributed by atoms with E-state index in [1.807, 2.05) is 24.4 Å². The Morgan fingerprint density at radius 2 is 2.24 bits per heavy atom. The quantitative estimate of drug-likeness (QED) is 0.912. The van der Waals surface area contributed by atoms with E-state index < -0.39 is 0 Å². The highest BCUT2D eigenvalue weighted by atomic mass is 32.1. The average molecular weight is 305 g/mol. The molecule has 2 aromatic rings. The monoisotopic (exact) mass is 305 g/mol. The van der Waals surface area contributed by atoms with E-state index in [0.29, 0.717) is 17.2 Å². The van der Waals surface area contributed by atoms with Crippen LogP contribution in [0.25, 0.3) is 0 Å². The first-order valence-electron chi connectivity index (χ1n) is 7.14. The summed E-state index contributed by atoms with van der Waals surface area (Å²) in [7, 11) is 0. The van der Waals surface area contributed by atoms with E-state index in [1.54, 1.807) is 24.3 Å². The van der Waals surface area contributed by atoms with Crippen LogP contribution in [0.3, 0.4) is 0 Å². The molecule has 1 aliphatic carbocycles. The third-order valence-corrected chi connectivity index (χ3v) is 5.00. The summed E-state index contributed by atoms with van der Waals surface area (Å²) in [6.07, 6.45) is 1.26. The van der Waals surface area contributed by atoms with Gasteiger partial charge in [-0.2, -0.15) is 0 Å². The second-order valence-electron chi connectivity index (χ2n) is 5.68. The highest BCUT2D eigenvalue weighted by Crippen LogP contribution is 2.39. The first kappa shape index (κ1) is 14.4. The minimum absolute atomic E-state index is 0.0319. The number of furan rings is 1. The van der Waals surface area contributed by atoms with Crippen LogP contribution in [-0.4, -0.2) is 17.1 Å². The lowest BCUT2D eigenvalue weighted by molar-refractivity contribution is 0.0241. The molecule has 0 radical (unpaired) electrons. The van der Waals surface area contributed by atoms with Crippen LogP contribution in [-0.2, 0) is 0 Å². The molecule has 1 atom stereocenters. The third-order valence-electron chi connectivity index (χ3n) is 4.04. The number of aliphatic hydroxyl groups is 1. The van der Waals surface area contributed by atoms with E-state index in [4.69, 9.17) is 4.42 Å². The molecule has 2 heterocycles. The van der Waals surface area contributed by atoms with Gasteiger partial charge in [0, 0.05) is 4.88 Å². The Kier molecular flexibility index (Phi) is 3.87. The lowest BCUT2D eigenvalue weighted by Gasteiger charge is -2.37. The molecule has 4 nitrogen and oxygen atoms in total. The predicted octanol–water partition coefficient (Wildman–Crippen LogP) is 3.20. The van der Waals surface area contributed by atoms with Gasteiger partial charge in [-0.05, 0) is 50.1 Å². The third kappa shape index (κ3) is 2.89. The van der Waals surface area contributed by atoms with Crippen LogP contribution in [0.5, 0.6) is 0 Å². The number of carbonyl (C=O) groups is 1. The van der Waals surface area contributed by atoms with Gasteiger partial charge in [-0.15, -0.1) is 11.3 Å². The van der Waals surface area contributed by atoms with Crippen LogP contribution in [0.2, 0.25) is 0 Å². The standard InChI is InChI=1S/C16H19NO3S/c1-9-6-13(10(2)20-9)16(19)17-15(11-7-12(18)8-11)14-4-3-5-21-14/h3-6,11-12,15,18H,7-8H2,1-2H3,(H,17,19)/t11?,12?,15-/m1/s1. The predicted molar refractivity (Wildman–Crippen MR) is 81.4 cm³/mol. The van der Waals surface area contributed by atoms with Gasteiger partial charge in [-0.1, -0.05) is 6.07 Å². The van der Waals surface area contributed by atoms with Crippen molar-refractivity contribution in [2.45, 2.75) is 38.8 Å². The van der Waals surface area contributed by atoms with Gasteiger partial charge in [0.2, 0.25) is 0 Å². The summed E-state index contributed by atoms with van der Waals surface area (Å²) in [6.45, 7) is 3.64. The van der Waals surface area contributed by atoms with E-state index in [2.05, 4.69) is 5.32 Å². The number of rotatable bonds is 4. The molecule has 21 heavy (non-hydrogen) atoms. The van der Waals surface area contributed by atoms with Gasteiger partial charge < -0.3 is 14.8 Å². The Labute approximate surface area is 127 Å². The van der Waals surface area contributed by atoms with Gasteiger partial charge in [0.05, 0.1) is 17.7 Å².